The molecule has 4 rings (SSSR count). The predicted octanol–water partition coefficient (Wildman–Crippen LogP) is 4.14. The maximum atomic E-state index is 12.4. The molecular weight excluding hydrogens is 316 g/mol. The van der Waals surface area contributed by atoms with Gasteiger partial charge in [-0.2, -0.15) is 0 Å². The number of fused-ring (bicyclic) bond motifs is 1. The summed E-state index contributed by atoms with van der Waals surface area (Å²) in [5, 5.41) is 8.03. The van der Waals surface area contributed by atoms with Crippen LogP contribution in [0.4, 0.5) is 0 Å². The first-order valence-electron chi connectivity index (χ1n) is 8.42. The summed E-state index contributed by atoms with van der Waals surface area (Å²) in [6, 6.07) is 15.3. The van der Waals surface area contributed by atoms with Crippen LogP contribution in [0.5, 0.6) is 0 Å². The number of nitrogens with zero attached hydrogens (tertiary/aromatic N) is 2. The molecule has 2 aromatic carbocycles. The third-order valence-corrected chi connectivity index (χ3v) is 4.43. The maximum Gasteiger partial charge on any atom is 0.338 e. The summed E-state index contributed by atoms with van der Waals surface area (Å²) in [6.45, 7) is 1.73. The van der Waals surface area contributed by atoms with E-state index in [1.807, 2.05) is 48.5 Å². The molecule has 3 aromatic rings. The van der Waals surface area contributed by atoms with E-state index >= 15 is 0 Å². The highest BCUT2D eigenvalue weighted by Crippen LogP contribution is 2.25. The summed E-state index contributed by atoms with van der Waals surface area (Å²) in [7, 11) is 0. The Kier molecular flexibility index (Phi) is 4.06. The molecule has 0 bridgehead atoms. The highest BCUT2D eigenvalue weighted by molar-refractivity contribution is 5.90. The van der Waals surface area contributed by atoms with Crippen molar-refractivity contribution in [3.63, 3.8) is 0 Å². The molecule has 0 unspecified atom stereocenters. The smallest absolute Gasteiger partial charge is 0.338 e. The van der Waals surface area contributed by atoms with Crippen molar-refractivity contribution in [1.29, 1.82) is 0 Å². The largest absolute Gasteiger partial charge is 0.449 e. The minimum Gasteiger partial charge on any atom is -0.449 e. The summed E-state index contributed by atoms with van der Waals surface area (Å²) >= 11 is 0. The Hall–Kier alpha value is -2.95. The van der Waals surface area contributed by atoms with Crippen molar-refractivity contribution >= 4 is 5.97 Å². The molecule has 1 aromatic heterocycles. The Morgan fingerprint density at radius 1 is 1.08 bits per heavy atom. The third kappa shape index (κ3) is 3.18. The Morgan fingerprint density at radius 2 is 1.88 bits per heavy atom. The quantitative estimate of drug-likeness (QED) is 0.671. The third-order valence-electron chi connectivity index (χ3n) is 4.43. The SMILES string of the molecule is C[C@@H](OC(=O)c1ccc2c(c1)CCC2)c1nnc(-c2ccccc2)o1. The molecule has 0 spiro atoms. The summed E-state index contributed by atoms with van der Waals surface area (Å²) in [5.41, 5.74) is 3.97. The Labute approximate surface area is 145 Å². The van der Waals surface area contributed by atoms with Gasteiger partial charge in [-0.1, -0.05) is 24.3 Å². The summed E-state index contributed by atoms with van der Waals surface area (Å²) < 4.78 is 11.1. The first-order chi connectivity index (χ1) is 12.2. The molecular formula is C20H18N2O3. The van der Waals surface area contributed by atoms with Crippen molar-refractivity contribution in [2.75, 3.05) is 0 Å². The van der Waals surface area contributed by atoms with Crippen LogP contribution in [-0.2, 0) is 17.6 Å². The van der Waals surface area contributed by atoms with Crippen molar-refractivity contribution in [2.45, 2.75) is 32.3 Å². The zero-order chi connectivity index (χ0) is 17.2. The van der Waals surface area contributed by atoms with E-state index in [0.717, 1.165) is 24.8 Å². The first-order valence-corrected chi connectivity index (χ1v) is 8.42. The van der Waals surface area contributed by atoms with Crippen molar-refractivity contribution in [1.82, 2.24) is 10.2 Å². The lowest BCUT2D eigenvalue weighted by Crippen LogP contribution is -2.10. The molecule has 1 aliphatic rings. The van der Waals surface area contributed by atoms with Crippen molar-refractivity contribution in [3.8, 4) is 11.5 Å². The van der Waals surface area contributed by atoms with E-state index in [9.17, 15) is 4.79 Å². The second kappa shape index (κ2) is 6.51. The van der Waals surface area contributed by atoms with E-state index in [4.69, 9.17) is 9.15 Å². The molecule has 5 nitrogen and oxygen atoms in total. The van der Waals surface area contributed by atoms with Crippen LogP contribution in [0, 0.1) is 0 Å². The molecule has 0 saturated carbocycles. The number of ether oxygens (including phenoxy) is 1. The van der Waals surface area contributed by atoms with Gasteiger partial charge in [-0.05, 0) is 61.6 Å². The van der Waals surface area contributed by atoms with Crippen LogP contribution >= 0.6 is 0 Å². The van der Waals surface area contributed by atoms with E-state index in [2.05, 4.69) is 10.2 Å². The normalized spacial score (nSPS) is 14.1. The predicted molar refractivity (Wildman–Crippen MR) is 92.0 cm³/mol. The van der Waals surface area contributed by atoms with Gasteiger partial charge in [-0.3, -0.25) is 0 Å². The van der Waals surface area contributed by atoms with Gasteiger partial charge in [-0.25, -0.2) is 4.79 Å². The Morgan fingerprint density at radius 3 is 2.72 bits per heavy atom. The zero-order valence-electron chi connectivity index (χ0n) is 13.9. The number of aryl methyl sites for hydroxylation is 2. The van der Waals surface area contributed by atoms with Gasteiger partial charge in [0, 0.05) is 5.56 Å². The van der Waals surface area contributed by atoms with Crippen molar-refractivity contribution in [3.05, 3.63) is 71.1 Å². The van der Waals surface area contributed by atoms with Crippen LogP contribution < -0.4 is 0 Å². The average Bonchev–Trinajstić information content (AvgIpc) is 3.31. The molecule has 1 atom stereocenters. The number of hydrogen-bond acceptors (Lipinski definition) is 5. The number of aromatic nitrogens is 2. The first kappa shape index (κ1) is 15.6. The molecule has 0 saturated heterocycles. The van der Waals surface area contributed by atoms with Crippen LogP contribution in [0.2, 0.25) is 0 Å². The molecule has 0 fully saturated rings. The minimum absolute atomic E-state index is 0.286. The van der Waals surface area contributed by atoms with Gasteiger partial charge in [0.05, 0.1) is 5.56 Å². The fraction of sp³-hybridized carbons (Fsp3) is 0.250. The Bertz CT molecular complexity index is 902. The molecule has 0 amide bonds. The van der Waals surface area contributed by atoms with E-state index in [0.29, 0.717) is 11.5 Å². The summed E-state index contributed by atoms with van der Waals surface area (Å²) in [4.78, 5) is 12.4. The highest BCUT2D eigenvalue weighted by atomic mass is 16.6. The van der Waals surface area contributed by atoms with E-state index in [1.165, 1.54) is 11.1 Å². The van der Waals surface area contributed by atoms with E-state index in [1.54, 1.807) is 6.92 Å². The lowest BCUT2D eigenvalue weighted by molar-refractivity contribution is 0.0280. The fourth-order valence-electron chi connectivity index (χ4n) is 3.07. The summed E-state index contributed by atoms with van der Waals surface area (Å²) in [5.74, 6) is 0.325. The maximum absolute atomic E-state index is 12.4. The number of rotatable bonds is 4. The summed E-state index contributed by atoms with van der Waals surface area (Å²) in [6.07, 6.45) is 2.65. The molecule has 0 radical (unpaired) electrons. The van der Waals surface area contributed by atoms with Crippen LogP contribution in [0.15, 0.2) is 52.9 Å². The van der Waals surface area contributed by atoms with Gasteiger partial charge in [0.15, 0.2) is 6.10 Å². The fourth-order valence-corrected chi connectivity index (χ4v) is 3.07. The van der Waals surface area contributed by atoms with Gasteiger partial charge in [0.25, 0.3) is 5.89 Å². The van der Waals surface area contributed by atoms with E-state index in [-0.39, 0.29) is 11.9 Å². The number of carbonyl (C=O) groups excluding carboxylic acids is 1. The molecule has 0 N–H and O–H groups in total. The second-order valence-electron chi connectivity index (χ2n) is 6.20. The average molecular weight is 334 g/mol. The Balaban J connectivity index is 1.47. The molecule has 126 valence electrons. The van der Waals surface area contributed by atoms with Crippen LogP contribution in [-0.4, -0.2) is 16.2 Å². The highest BCUT2D eigenvalue weighted by Gasteiger charge is 2.21. The molecule has 25 heavy (non-hydrogen) atoms. The number of carbonyl (C=O) groups is 1. The number of esters is 1. The number of hydrogen-bond donors (Lipinski definition) is 0. The topological polar surface area (TPSA) is 65.2 Å². The minimum atomic E-state index is -0.606. The standard InChI is InChI=1S/C20H18N2O3/c1-13(18-21-22-19(25-18)15-6-3-2-4-7-15)24-20(23)17-11-10-14-8-5-9-16(14)12-17/h2-4,6-7,10-13H,5,8-9H2,1H3/t13-/m1/s1. The lowest BCUT2D eigenvalue weighted by atomic mass is 10.1. The van der Waals surface area contributed by atoms with Gasteiger partial charge in [0.2, 0.25) is 5.89 Å². The van der Waals surface area contributed by atoms with Crippen LogP contribution in [0.1, 0.15) is 46.8 Å². The lowest BCUT2D eigenvalue weighted by Gasteiger charge is -2.10. The number of benzene rings is 2. The van der Waals surface area contributed by atoms with Gasteiger partial charge >= 0.3 is 5.97 Å². The zero-order valence-corrected chi connectivity index (χ0v) is 13.9. The van der Waals surface area contributed by atoms with Crippen molar-refractivity contribution < 1.29 is 13.9 Å². The van der Waals surface area contributed by atoms with Crippen LogP contribution in [0.25, 0.3) is 11.5 Å². The molecule has 1 aliphatic carbocycles. The van der Waals surface area contributed by atoms with Gasteiger partial charge in [0.1, 0.15) is 0 Å². The van der Waals surface area contributed by atoms with E-state index < -0.39 is 6.10 Å². The van der Waals surface area contributed by atoms with Crippen LogP contribution in [0.3, 0.4) is 0 Å². The monoisotopic (exact) mass is 334 g/mol. The van der Waals surface area contributed by atoms with Crippen molar-refractivity contribution in [2.24, 2.45) is 0 Å². The van der Waals surface area contributed by atoms with Gasteiger partial charge < -0.3 is 9.15 Å². The second-order valence-corrected chi connectivity index (χ2v) is 6.20. The van der Waals surface area contributed by atoms with Gasteiger partial charge in [-0.15, -0.1) is 10.2 Å². The molecule has 5 heteroatoms. The molecule has 0 aliphatic heterocycles. The molecule has 1 heterocycles.